The topological polar surface area (TPSA) is 70.7 Å². The Kier molecular flexibility index (Phi) is 5.60. The van der Waals surface area contributed by atoms with E-state index in [1.807, 2.05) is 13.8 Å². The second-order valence-electron chi connectivity index (χ2n) is 6.04. The highest BCUT2D eigenvalue weighted by molar-refractivity contribution is 5.98. The van der Waals surface area contributed by atoms with E-state index in [1.165, 1.54) is 4.90 Å². The summed E-state index contributed by atoms with van der Waals surface area (Å²) in [5.74, 6) is 0.692. The zero-order valence-corrected chi connectivity index (χ0v) is 14.2. The van der Waals surface area contributed by atoms with Gasteiger partial charge in [0.05, 0.1) is 12.3 Å². The quantitative estimate of drug-likeness (QED) is 0.835. The van der Waals surface area contributed by atoms with Gasteiger partial charge in [-0.2, -0.15) is 0 Å². The zero-order chi connectivity index (χ0) is 17.0. The highest BCUT2D eigenvalue weighted by atomic mass is 16.5. The fourth-order valence-electron chi connectivity index (χ4n) is 2.43. The van der Waals surface area contributed by atoms with Crippen LogP contribution in [0, 0.1) is 11.8 Å². The average molecular weight is 319 g/mol. The molecule has 1 aromatic carbocycles. The minimum Gasteiger partial charge on any atom is -0.492 e. The summed E-state index contributed by atoms with van der Waals surface area (Å²) in [5.41, 5.74) is 1.07. The van der Waals surface area contributed by atoms with Crippen LogP contribution in [0.4, 0.5) is 5.69 Å². The SMILES string of the molecule is CCOc1ccc(C(=O)N(C)C)cc1NC(=O)C(C)C1CNC1. The third kappa shape index (κ3) is 4.01. The largest absolute Gasteiger partial charge is 0.492 e. The normalized spacial score (nSPS) is 15.5. The van der Waals surface area contributed by atoms with E-state index in [9.17, 15) is 9.59 Å². The number of amides is 2. The highest BCUT2D eigenvalue weighted by Gasteiger charge is 2.29. The lowest BCUT2D eigenvalue weighted by molar-refractivity contribution is -0.121. The molecule has 1 fully saturated rings. The van der Waals surface area contributed by atoms with Crippen molar-refractivity contribution in [3.05, 3.63) is 23.8 Å². The Morgan fingerprint density at radius 2 is 2.09 bits per heavy atom. The van der Waals surface area contributed by atoms with Crippen LogP contribution in [0.5, 0.6) is 5.75 Å². The molecule has 6 heteroatoms. The maximum Gasteiger partial charge on any atom is 0.253 e. The first-order valence-electron chi connectivity index (χ1n) is 7.94. The first-order valence-corrected chi connectivity index (χ1v) is 7.94. The molecule has 0 aromatic heterocycles. The third-order valence-corrected chi connectivity index (χ3v) is 4.12. The number of rotatable bonds is 6. The van der Waals surface area contributed by atoms with Crippen LogP contribution in [0.3, 0.4) is 0 Å². The molecule has 0 bridgehead atoms. The number of carbonyl (C=O) groups is 2. The van der Waals surface area contributed by atoms with Crippen molar-refractivity contribution < 1.29 is 14.3 Å². The fourth-order valence-corrected chi connectivity index (χ4v) is 2.43. The molecule has 126 valence electrons. The predicted octanol–water partition coefficient (Wildman–Crippen LogP) is 1.58. The summed E-state index contributed by atoms with van der Waals surface area (Å²) in [4.78, 5) is 26.0. The van der Waals surface area contributed by atoms with Crippen molar-refractivity contribution in [1.29, 1.82) is 0 Å². The molecule has 1 saturated heterocycles. The predicted molar refractivity (Wildman–Crippen MR) is 89.8 cm³/mol. The van der Waals surface area contributed by atoms with Crippen LogP contribution in [-0.4, -0.2) is 50.5 Å². The summed E-state index contributed by atoms with van der Waals surface area (Å²) in [7, 11) is 3.39. The maximum absolute atomic E-state index is 12.4. The van der Waals surface area contributed by atoms with Crippen molar-refractivity contribution >= 4 is 17.5 Å². The first-order chi connectivity index (χ1) is 10.9. The van der Waals surface area contributed by atoms with Gasteiger partial charge in [0.15, 0.2) is 0 Å². The Morgan fingerprint density at radius 1 is 1.39 bits per heavy atom. The van der Waals surface area contributed by atoms with Gasteiger partial charge in [0.1, 0.15) is 5.75 Å². The minimum absolute atomic E-state index is 0.0492. The van der Waals surface area contributed by atoms with Crippen LogP contribution in [-0.2, 0) is 4.79 Å². The van der Waals surface area contributed by atoms with Gasteiger partial charge in [-0.25, -0.2) is 0 Å². The second kappa shape index (κ2) is 7.46. The smallest absolute Gasteiger partial charge is 0.253 e. The standard InChI is InChI=1S/C17H25N3O3/c1-5-23-15-7-6-12(17(22)20(3)4)8-14(15)19-16(21)11(2)13-9-18-10-13/h6-8,11,13,18H,5,9-10H2,1-4H3,(H,19,21). The van der Waals surface area contributed by atoms with Gasteiger partial charge in [0.2, 0.25) is 5.91 Å². The van der Waals surface area contributed by atoms with Crippen molar-refractivity contribution in [1.82, 2.24) is 10.2 Å². The molecule has 2 N–H and O–H groups in total. The number of carbonyl (C=O) groups excluding carboxylic acids is 2. The number of hydrogen-bond acceptors (Lipinski definition) is 4. The first kappa shape index (κ1) is 17.3. The second-order valence-corrected chi connectivity index (χ2v) is 6.04. The molecule has 2 rings (SSSR count). The monoisotopic (exact) mass is 319 g/mol. The summed E-state index contributed by atoms with van der Waals surface area (Å²) in [6.45, 7) is 6.03. The van der Waals surface area contributed by atoms with Crippen molar-refractivity contribution in [3.63, 3.8) is 0 Å². The van der Waals surface area contributed by atoms with Crippen LogP contribution in [0.15, 0.2) is 18.2 Å². The molecule has 6 nitrogen and oxygen atoms in total. The Balaban J connectivity index is 2.20. The lowest BCUT2D eigenvalue weighted by Gasteiger charge is -2.31. The lowest BCUT2D eigenvalue weighted by atomic mass is 9.88. The summed E-state index contributed by atoms with van der Waals surface area (Å²) in [5, 5.41) is 6.09. The van der Waals surface area contributed by atoms with E-state index in [1.54, 1.807) is 32.3 Å². The molecule has 1 atom stereocenters. The van der Waals surface area contributed by atoms with Crippen LogP contribution in [0.2, 0.25) is 0 Å². The van der Waals surface area contributed by atoms with Gasteiger partial charge in [0.25, 0.3) is 5.91 Å². The lowest BCUT2D eigenvalue weighted by Crippen LogP contribution is -2.48. The summed E-state index contributed by atoms with van der Waals surface area (Å²) >= 11 is 0. The summed E-state index contributed by atoms with van der Waals surface area (Å²) < 4.78 is 5.56. The van der Waals surface area contributed by atoms with Crippen molar-refractivity contribution in [2.75, 3.05) is 39.1 Å². The number of ether oxygens (including phenoxy) is 1. The van der Waals surface area contributed by atoms with E-state index in [-0.39, 0.29) is 17.7 Å². The third-order valence-electron chi connectivity index (χ3n) is 4.12. The van der Waals surface area contributed by atoms with Crippen molar-refractivity contribution in [3.8, 4) is 5.75 Å². The van der Waals surface area contributed by atoms with Gasteiger partial charge in [-0.3, -0.25) is 9.59 Å². The number of benzene rings is 1. The molecule has 1 aliphatic heterocycles. The Hall–Kier alpha value is -2.08. The van der Waals surface area contributed by atoms with Gasteiger partial charge in [0, 0.05) is 25.6 Å². The zero-order valence-electron chi connectivity index (χ0n) is 14.2. The maximum atomic E-state index is 12.4. The number of anilines is 1. The Morgan fingerprint density at radius 3 is 2.61 bits per heavy atom. The molecule has 1 unspecified atom stereocenters. The van der Waals surface area contributed by atoms with Crippen LogP contribution in [0.25, 0.3) is 0 Å². The number of hydrogen-bond donors (Lipinski definition) is 2. The van der Waals surface area contributed by atoms with E-state index in [4.69, 9.17) is 4.74 Å². The summed E-state index contributed by atoms with van der Waals surface area (Å²) in [6.07, 6.45) is 0. The van der Waals surface area contributed by atoms with Crippen LogP contribution >= 0.6 is 0 Å². The van der Waals surface area contributed by atoms with Crippen molar-refractivity contribution in [2.24, 2.45) is 11.8 Å². The Labute approximate surface area is 137 Å². The molecular formula is C17H25N3O3. The fraction of sp³-hybridized carbons (Fsp3) is 0.529. The molecule has 1 aliphatic rings. The van der Waals surface area contributed by atoms with Crippen LogP contribution in [0.1, 0.15) is 24.2 Å². The van der Waals surface area contributed by atoms with E-state index >= 15 is 0 Å². The van der Waals surface area contributed by atoms with Gasteiger partial charge in [-0.1, -0.05) is 6.92 Å². The van der Waals surface area contributed by atoms with Crippen LogP contribution < -0.4 is 15.4 Å². The van der Waals surface area contributed by atoms with E-state index in [0.717, 1.165) is 13.1 Å². The molecule has 1 aromatic rings. The van der Waals surface area contributed by atoms with Gasteiger partial charge in [-0.05, 0) is 44.1 Å². The molecule has 0 spiro atoms. The molecule has 0 radical (unpaired) electrons. The average Bonchev–Trinajstić information content (AvgIpc) is 2.46. The number of nitrogens with zero attached hydrogens (tertiary/aromatic N) is 1. The van der Waals surface area contributed by atoms with E-state index in [2.05, 4.69) is 10.6 Å². The van der Waals surface area contributed by atoms with Gasteiger partial charge >= 0.3 is 0 Å². The number of nitrogens with one attached hydrogen (secondary N) is 2. The minimum atomic E-state index is -0.111. The molecule has 0 aliphatic carbocycles. The molecule has 0 saturated carbocycles. The molecular weight excluding hydrogens is 294 g/mol. The van der Waals surface area contributed by atoms with Gasteiger partial charge < -0.3 is 20.3 Å². The molecule has 2 amide bonds. The Bertz CT molecular complexity index is 582. The summed E-state index contributed by atoms with van der Waals surface area (Å²) in [6, 6.07) is 5.12. The van der Waals surface area contributed by atoms with Crippen molar-refractivity contribution in [2.45, 2.75) is 13.8 Å². The van der Waals surface area contributed by atoms with Gasteiger partial charge in [-0.15, -0.1) is 0 Å². The molecule has 23 heavy (non-hydrogen) atoms. The van der Waals surface area contributed by atoms with E-state index in [0.29, 0.717) is 29.5 Å². The highest BCUT2D eigenvalue weighted by Crippen LogP contribution is 2.28. The van der Waals surface area contributed by atoms with E-state index < -0.39 is 0 Å². The molecule has 1 heterocycles.